The zero-order valence-electron chi connectivity index (χ0n) is 4.73. The van der Waals surface area contributed by atoms with Gasteiger partial charge < -0.3 is 19.7 Å². The van der Waals surface area contributed by atoms with E-state index in [-0.39, 0.29) is 0 Å². The van der Waals surface area contributed by atoms with Gasteiger partial charge in [-0.2, -0.15) is 0 Å². The topological polar surface area (TPSA) is 93.1 Å². The van der Waals surface area contributed by atoms with Crippen molar-refractivity contribution in [3.05, 3.63) is 12.5 Å². The Hall–Kier alpha value is -1.72. The molecule has 0 aromatic heterocycles. The van der Waals surface area contributed by atoms with Crippen molar-refractivity contribution in [1.82, 2.24) is 0 Å². The number of rotatable bonds is 2. The Bertz CT molecular complexity index is 153. The van der Waals surface area contributed by atoms with Crippen molar-refractivity contribution in [1.29, 1.82) is 0 Å². The number of carboxylic acid groups (broad SMARTS) is 2. The number of hydrogen-bond acceptors (Lipinski definition) is 4. The minimum absolute atomic E-state index is 0.792. The van der Waals surface area contributed by atoms with Crippen LogP contribution in [0.15, 0.2) is 12.5 Å². The standard InChI is InChI=1S/C4H4O6/c1-2(9-3(5)6)10-4(7)8/h1H2,(H,5,6)(H,7,8). The average molecular weight is 148 g/mol. The van der Waals surface area contributed by atoms with Gasteiger partial charge in [0.2, 0.25) is 0 Å². The molecule has 0 radical (unpaired) electrons. The lowest BCUT2D eigenvalue weighted by atomic mass is 11.0. The third-order valence-electron chi connectivity index (χ3n) is 0.402. The van der Waals surface area contributed by atoms with Gasteiger partial charge in [0.1, 0.15) is 0 Å². The predicted molar refractivity (Wildman–Crippen MR) is 27.4 cm³/mol. The van der Waals surface area contributed by atoms with Crippen molar-refractivity contribution < 1.29 is 29.3 Å². The molecular formula is C4H4O6. The Morgan fingerprint density at radius 2 is 1.40 bits per heavy atom. The number of carbonyl (C=O) groups is 2. The van der Waals surface area contributed by atoms with Crippen molar-refractivity contribution in [2.75, 3.05) is 0 Å². The van der Waals surface area contributed by atoms with E-state index in [4.69, 9.17) is 10.2 Å². The normalized spacial score (nSPS) is 8.00. The van der Waals surface area contributed by atoms with Gasteiger partial charge in [-0.1, -0.05) is 0 Å². The predicted octanol–water partition coefficient (Wildman–Crippen LogP) is 0.847. The Morgan fingerprint density at radius 1 is 1.10 bits per heavy atom. The molecule has 2 N–H and O–H groups in total. The lowest BCUT2D eigenvalue weighted by molar-refractivity contribution is 0.0435. The first-order chi connectivity index (χ1) is 4.52. The fourth-order valence-corrected chi connectivity index (χ4v) is 0.216. The summed E-state index contributed by atoms with van der Waals surface area (Å²) in [5.41, 5.74) is 0. The average Bonchev–Trinajstić information content (AvgIpc) is 1.58. The van der Waals surface area contributed by atoms with Gasteiger partial charge in [-0.25, -0.2) is 9.59 Å². The summed E-state index contributed by atoms with van der Waals surface area (Å²) in [5, 5.41) is 15.7. The highest BCUT2D eigenvalue weighted by Crippen LogP contribution is 1.95. The first-order valence-electron chi connectivity index (χ1n) is 2.03. The number of hydrogen-bond donors (Lipinski definition) is 2. The van der Waals surface area contributed by atoms with Crippen molar-refractivity contribution >= 4 is 12.3 Å². The molecule has 0 bridgehead atoms. The molecule has 0 aliphatic heterocycles. The summed E-state index contributed by atoms with van der Waals surface area (Å²) in [6, 6.07) is 0. The lowest BCUT2D eigenvalue weighted by Crippen LogP contribution is -2.06. The third kappa shape index (κ3) is 4.44. The summed E-state index contributed by atoms with van der Waals surface area (Å²) in [6.45, 7) is 2.83. The molecule has 0 unspecified atom stereocenters. The molecule has 0 spiro atoms. The molecule has 0 amide bonds. The first-order valence-corrected chi connectivity index (χ1v) is 2.03. The molecule has 10 heavy (non-hydrogen) atoms. The van der Waals surface area contributed by atoms with E-state index >= 15 is 0 Å². The van der Waals surface area contributed by atoms with Crippen LogP contribution in [0.3, 0.4) is 0 Å². The van der Waals surface area contributed by atoms with Crippen LogP contribution in [0.4, 0.5) is 9.59 Å². The smallest absolute Gasteiger partial charge is 0.449 e. The molecule has 56 valence electrons. The van der Waals surface area contributed by atoms with Gasteiger partial charge in [-0.15, -0.1) is 0 Å². The van der Waals surface area contributed by atoms with Crippen molar-refractivity contribution in [3.63, 3.8) is 0 Å². The fourth-order valence-electron chi connectivity index (χ4n) is 0.216. The summed E-state index contributed by atoms with van der Waals surface area (Å²) in [6.07, 6.45) is -3.35. The van der Waals surface area contributed by atoms with Gasteiger partial charge in [0.25, 0.3) is 5.95 Å². The van der Waals surface area contributed by atoms with E-state index in [0.717, 1.165) is 0 Å². The molecule has 6 heteroatoms. The lowest BCUT2D eigenvalue weighted by Gasteiger charge is -1.98. The van der Waals surface area contributed by atoms with Crippen LogP contribution in [0.5, 0.6) is 0 Å². The Balaban J connectivity index is 3.65. The molecule has 0 aromatic rings. The van der Waals surface area contributed by atoms with Crippen LogP contribution < -0.4 is 0 Å². The molecule has 0 aromatic carbocycles. The van der Waals surface area contributed by atoms with Crippen molar-refractivity contribution in [2.45, 2.75) is 0 Å². The van der Waals surface area contributed by atoms with Gasteiger partial charge in [0.15, 0.2) is 0 Å². The summed E-state index contributed by atoms with van der Waals surface area (Å²) in [5.74, 6) is -0.792. The summed E-state index contributed by atoms with van der Waals surface area (Å²) >= 11 is 0. The molecule has 0 saturated carbocycles. The highest BCUT2D eigenvalue weighted by atomic mass is 16.8. The summed E-state index contributed by atoms with van der Waals surface area (Å²) < 4.78 is 7.36. The van der Waals surface area contributed by atoms with Crippen LogP contribution >= 0.6 is 0 Å². The molecule has 0 fully saturated rings. The fraction of sp³-hybridized carbons (Fsp3) is 0. The second kappa shape index (κ2) is 3.33. The highest BCUT2D eigenvalue weighted by Gasteiger charge is 2.06. The molecule has 0 rings (SSSR count). The molecule has 0 aliphatic rings. The minimum Gasteiger partial charge on any atom is -0.449 e. The van der Waals surface area contributed by atoms with E-state index in [1.165, 1.54) is 0 Å². The quantitative estimate of drug-likeness (QED) is 0.445. The Labute approximate surface area is 55.3 Å². The van der Waals surface area contributed by atoms with Crippen LogP contribution in [0.2, 0.25) is 0 Å². The zero-order valence-corrected chi connectivity index (χ0v) is 4.73. The zero-order chi connectivity index (χ0) is 8.15. The molecule has 0 saturated heterocycles. The highest BCUT2D eigenvalue weighted by molar-refractivity contribution is 5.61. The molecule has 0 heterocycles. The molecular weight excluding hydrogens is 144 g/mol. The van der Waals surface area contributed by atoms with Crippen LogP contribution in [-0.2, 0) is 9.47 Å². The van der Waals surface area contributed by atoms with Gasteiger partial charge in [0.05, 0.1) is 0 Å². The number of ether oxygens (including phenoxy) is 2. The summed E-state index contributed by atoms with van der Waals surface area (Å²) in [7, 11) is 0. The van der Waals surface area contributed by atoms with Gasteiger partial charge >= 0.3 is 12.3 Å². The van der Waals surface area contributed by atoms with E-state index in [1.807, 2.05) is 0 Å². The SMILES string of the molecule is C=C(OC(=O)O)OC(=O)O. The van der Waals surface area contributed by atoms with Crippen LogP contribution in [-0.4, -0.2) is 22.5 Å². The molecule has 0 atom stereocenters. The second-order valence-corrected chi connectivity index (χ2v) is 1.11. The Morgan fingerprint density at radius 3 is 1.60 bits per heavy atom. The maximum absolute atomic E-state index is 9.64. The van der Waals surface area contributed by atoms with Crippen LogP contribution in [0.1, 0.15) is 0 Å². The maximum atomic E-state index is 9.64. The van der Waals surface area contributed by atoms with E-state index in [1.54, 1.807) is 0 Å². The summed E-state index contributed by atoms with van der Waals surface area (Å²) in [4.78, 5) is 19.3. The van der Waals surface area contributed by atoms with E-state index in [9.17, 15) is 9.59 Å². The molecule has 6 nitrogen and oxygen atoms in total. The Kier molecular flexibility index (Phi) is 2.76. The van der Waals surface area contributed by atoms with Gasteiger partial charge in [-0.05, 0) is 6.58 Å². The van der Waals surface area contributed by atoms with Crippen LogP contribution in [0, 0.1) is 0 Å². The van der Waals surface area contributed by atoms with Gasteiger partial charge in [-0.3, -0.25) is 0 Å². The third-order valence-corrected chi connectivity index (χ3v) is 0.402. The minimum atomic E-state index is -1.67. The van der Waals surface area contributed by atoms with Crippen molar-refractivity contribution in [3.8, 4) is 0 Å². The monoisotopic (exact) mass is 148 g/mol. The first kappa shape index (κ1) is 8.28. The maximum Gasteiger partial charge on any atom is 0.513 e. The largest absolute Gasteiger partial charge is 0.513 e. The van der Waals surface area contributed by atoms with Crippen LogP contribution in [0.25, 0.3) is 0 Å². The van der Waals surface area contributed by atoms with E-state index in [0.29, 0.717) is 0 Å². The van der Waals surface area contributed by atoms with Crippen molar-refractivity contribution in [2.24, 2.45) is 0 Å². The van der Waals surface area contributed by atoms with E-state index < -0.39 is 18.3 Å². The molecule has 0 aliphatic carbocycles. The van der Waals surface area contributed by atoms with Gasteiger partial charge in [0, 0.05) is 0 Å². The second-order valence-electron chi connectivity index (χ2n) is 1.11. The van der Waals surface area contributed by atoms with E-state index in [2.05, 4.69) is 16.1 Å².